The number of hydrogen-bond donors (Lipinski definition) is 1. The van der Waals surface area contributed by atoms with Crippen LogP contribution in [0.1, 0.15) is 51.9 Å². The van der Waals surface area contributed by atoms with Gasteiger partial charge in [0.25, 0.3) is 0 Å². The van der Waals surface area contributed by atoms with E-state index in [4.69, 9.17) is 0 Å². The minimum Gasteiger partial charge on any atom is -0.342 e. The minimum absolute atomic E-state index is 0.393. The van der Waals surface area contributed by atoms with Crippen LogP contribution in [0.15, 0.2) is 0 Å². The number of piperidine rings is 1. The first-order valence-corrected chi connectivity index (χ1v) is 7.79. The SMILES string of the molecule is CC1CCCC1NC1CCN(C(=O)C2CC2)CC1. The second-order valence-corrected chi connectivity index (χ2v) is 6.56. The Kier molecular flexibility index (Phi) is 3.60. The number of carbonyl (C=O) groups is 1. The fourth-order valence-corrected chi connectivity index (χ4v) is 3.55. The molecule has 1 N–H and O–H groups in total. The predicted octanol–water partition coefficient (Wildman–Crippen LogP) is 2.17. The molecule has 3 nitrogen and oxygen atoms in total. The fraction of sp³-hybridized carbons (Fsp3) is 0.933. The van der Waals surface area contributed by atoms with Crippen molar-refractivity contribution in [2.24, 2.45) is 11.8 Å². The van der Waals surface area contributed by atoms with E-state index in [0.29, 0.717) is 17.9 Å². The molecule has 1 amide bonds. The first-order chi connectivity index (χ1) is 8.74. The Morgan fingerprint density at radius 2 is 1.78 bits per heavy atom. The average molecular weight is 250 g/mol. The molecule has 3 heteroatoms. The van der Waals surface area contributed by atoms with Crippen LogP contribution in [0.3, 0.4) is 0 Å². The summed E-state index contributed by atoms with van der Waals surface area (Å²) >= 11 is 0. The molecule has 0 bridgehead atoms. The summed E-state index contributed by atoms with van der Waals surface area (Å²) in [7, 11) is 0. The van der Waals surface area contributed by atoms with Gasteiger partial charge in [0.1, 0.15) is 0 Å². The van der Waals surface area contributed by atoms with Gasteiger partial charge in [-0.25, -0.2) is 0 Å². The van der Waals surface area contributed by atoms with Crippen molar-refractivity contribution in [1.29, 1.82) is 0 Å². The van der Waals surface area contributed by atoms with Crippen LogP contribution in [-0.4, -0.2) is 36.0 Å². The summed E-state index contributed by atoms with van der Waals surface area (Å²) in [6.07, 6.45) is 8.70. The third kappa shape index (κ3) is 2.71. The van der Waals surface area contributed by atoms with Crippen molar-refractivity contribution in [3.05, 3.63) is 0 Å². The maximum atomic E-state index is 12.0. The van der Waals surface area contributed by atoms with E-state index in [0.717, 1.165) is 50.7 Å². The molecule has 1 aliphatic heterocycles. The topological polar surface area (TPSA) is 32.3 Å². The van der Waals surface area contributed by atoms with Gasteiger partial charge in [-0.15, -0.1) is 0 Å². The van der Waals surface area contributed by atoms with Crippen LogP contribution < -0.4 is 5.32 Å². The molecule has 3 aliphatic rings. The summed E-state index contributed by atoms with van der Waals surface area (Å²) in [5, 5.41) is 3.83. The molecule has 0 aromatic heterocycles. The highest BCUT2D eigenvalue weighted by Gasteiger charge is 2.35. The minimum atomic E-state index is 0.393. The zero-order chi connectivity index (χ0) is 12.5. The molecular formula is C15H26N2O. The Morgan fingerprint density at radius 3 is 2.33 bits per heavy atom. The zero-order valence-corrected chi connectivity index (χ0v) is 11.5. The van der Waals surface area contributed by atoms with Gasteiger partial charge >= 0.3 is 0 Å². The summed E-state index contributed by atoms with van der Waals surface area (Å²) in [5.41, 5.74) is 0. The van der Waals surface area contributed by atoms with Gasteiger partial charge in [0.15, 0.2) is 0 Å². The van der Waals surface area contributed by atoms with Gasteiger partial charge in [-0.3, -0.25) is 4.79 Å². The lowest BCUT2D eigenvalue weighted by Crippen LogP contribution is -2.48. The molecular weight excluding hydrogens is 224 g/mol. The molecule has 2 saturated carbocycles. The van der Waals surface area contributed by atoms with Crippen molar-refractivity contribution in [3.8, 4) is 0 Å². The van der Waals surface area contributed by atoms with Gasteiger partial charge in [0.2, 0.25) is 5.91 Å². The van der Waals surface area contributed by atoms with E-state index in [1.54, 1.807) is 0 Å². The first-order valence-electron chi connectivity index (χ1n) is 7.79. The predicted molar refractivity (Wildman–Crippen MR) is 72.3 cm³/mol. The summed E-state index contributed by atoms with van der Waals surface area (Å²) < 4.78 is 0. The molecule has 2 atom stereocenters. The molecule has 3 fully saturated rings. The molecule has 0 aromatic carbocycles. The first kappa shape index (κ1) is 12.5. The highest BCUT2D eigenvalue weighted by Crippen LogP contribution is 2.32. The summed E-state index contributed by atoms with van der Waals surface area (Å²) in [6.45, 7) is 4.33. The van der Waals surface area contributed by atoms with Crippen LogP contribution >= 0.6 is 0 Å². The van der Waals surface area contributed by atoms with Gasteiger partial charge in [-0.2, -0.15) is 0 Å². The highest BCUT2D eigenvalue weighted by molar-refractivity contribution is 5.81. The lowest BCUT2D eigenvalue weighted by Gasteiger charge is -2.35. The molecule has 0 aromatic rings. The summed E-state index contributed by atoms with van der Waals surface area (Å²) in [6, 6.07) is 1.39. The van der Waals surface area contributed by atoms with Gasteiger partial charge in [-0.1, -0.05) is 13.3 Å². The van der Waals surface area contributed by atoms with Crippen LogP contribution in [0.25, 0.3) is 0 Å². The van der Waals surface area contributed by atoms with E-state index in [2.05, 4.69) is 17.1 Å². The second-order valence-electron chi connectivity index (χ2n) is 6.56. The molecule has 0 spiro atoms. The Labute approximate surface area is 110 Å². The van der Waals surface area contributed by atoms with Crippen molar-refractivity contribution >= 4 is 5.91 Å². The molecule has 102 valence electrons. The Hall–Kier alpha value is -0.570. The van der Waals surface area contributed by atoms with E-state index < -0.39 is 0 Å². The Morgan fingerprint density at radius 1 is 1.06 bits per heavy atom. The van der Waals surface area contributed by atoms with Crippen molar-refractivity contribution < 1.29 is 4.79 Å². The second kappa shape index (κ2) is 5.20. The summed E-state index contributed by atoms with van der Waals surface area (Å²) in [5.74, 6) is 1.67. The van der Waals surface area contributed by atoms with E-state index in [1.165, 1.54) is 19.3 Å². The molecule has 1 heterocycles. The van der Waals surface area contributed by atoms with Crippen LogP contribution in [-0.2, 0) is 4.79 Å². The Balaban J connectivity index is 1.43. The maximum Gasteiger partial charge on any atom is 0.225 e. The quantitative estimate of drug-likeness (QED) is 0.832. The number of hydrogen-bond acceptors (Lipinski definition) is 2. The zero-order valence-electron chi connectivity index (χ0n) is 11.5. The molecule has 3 rings (SSSR count). The van der Waals surface area contributed by atoms with Crippen LogP contribution in [0, 0.1) is 11.8 Å². The van der Waals surface area contributed by atoms with E-state index in [-0.39, 0.29) is 0 Å². The third-order valence-corrected chi connectivity index (χ3v) is 5.04. The number of rotatable bonds is 3. The van der Waals surface area contributed by atoms with Crippen molar-refractivity contribution in [2.45, 2.75) is 64.0 Å². The lowest BCUT2D eigenvalue weighted by atomic mass is 10.00. The highest BCUT2D eigenvalue weighted by atomic mass is 16.2. The van der Waals surface area contributed by atoms with E-state index in [9.17, 15) is 4.79 Å². The van der Waals surface area contributed by atoms with Gasteiger partial charge in [0, 0.05) is 31.1 Å². The van der Waals surface area contributed by atoms with Gasteiger partial charge in [0.05, 0.1) is 0 Å². The number of nitrogens with zero attached hydrogens (tertiary/aromatic N) is 1. The van der Waals surface area contributed by atoms with Crippen molar-refractivity contribution in [2.75, 3.05) is 13.1 Å². The largest absolute Gasteiger partial charge is 0.342 e. The number of likely N-dealkylation sites (tertiary alicyclic amines) is 1. The standard InChI is InChI=1S/C15H26N2O/c1-11-3-2-4-14(11)16-13-7-9-17(10-8-13)15(18)12-5-6-12/h11-14,16H,2-10H2,1H3. The van der Waals surface area contributed by atoms with E-state index in [1.807, 2.05) is 0 Å². The van der Waals surface area contributed by atoms with E-state index >= 15 is 0 Å². The van der Waals surface area contributed by atoms with Crippen LogP contribution in [0.2, 0.25) is 0 Å². The molecule has 2 unspecified atom stereocenters. The number of carbonyl (C=O) groups excluding carboxylic acids is 1. The molecule has 2 aliphatic carbocycles. The van der Waals surface area contributed by atoms with Gasteiger partial charge < -0.3 is 10.2 Å². The van der Waals surface area contributed by atoms with Crippen molar-refractivity contribution in [1.82, 2.24) is 10.2 Å². The molecule has 1 saturated heterocycles. The monoisotopic (exact) mass is 250 g/mol. The smallest absolute Gasteiger partial charge is 0.225 e. The Bertz CT molecular complexity index is 306. The van der Waals surface area contributed by atoms with Gasteiger partial charge in [-0.05, 0) is 44.4 Å². The van der Waals surface area contributed by atoms with Crippen molar-refractivity contribution in [3.63, 3.8) is 0 Å². The molecule has 0 radical (unpaired) electrons. The lowest BCUT2D eigenvalue weighted by molar-refractivity contribution is -0.133. The van der Waals surface area contributed by atoms with Crippen LogP contribution in [0.4, 0.5) is 0 Å². The number of amides is 1. The normalized spacial score (nSPS) is 33.9. The fourth-order valence-electron chi connectivity index (χ4n) is 3.55. The average Bonchev–Trinajstić information content (AvgIpc) is 3.16. The summed E-state index contributed by atoms with van der Waals surface area (Å²) in [4.78, 5) is 14.1. The maximum absolute atomic E-state index is 12.0. The molecule has 18 heavy (non-hydrogen) atoms. The third-order valence-electron chi connectivity index (χ3n) is 5.04. The van der Waals surface area contributed by atoms with Crippen LogP contribution in [0.5, 0.6) is 0 Å². The number of nitrogens with one attached hydrogen (secondary N) is 1.